The molecular formula is C12H19NS. The molecule has 0 spiro atoms. The lowest BCUT2D eigenvalue weighted by Crippen LogP contribution is -2.47. The molecule has 78 valence electrons. The fourth-order valence-electron chi connectivity index (χ4n) is 2.31. The maximum absolute atomic E-state index is 3.61. The molecule has 0 saturated heterocycles. The maximum atomic E-state index is 3.61. The summed E-state index contributed by atoms with van der Waals surface area (Å²) in [6.45, 7) is 5.78. The number of hydrogen-bond acceptors (Lipinski definition) is 2. The third-order valence-electron chi connectivity index (χ3n) is 3.41. The van der Waals surface area contributed by atoms with Crippen molar-refractivity contribution in [1.29, 1.82) is 0 Å². The molecule has 3 atom stereocenters. The summed E-state index contributed by atoms with van der Waals surface area (Å²) in [5, 5.41) is 8.11. The topological polar surface area (TPSA) is 12.0 Å². The molecule has 1 aliphatic rings. The zero-order chi connectivity index (χ0) is 9.97. The van der Waals surface area contributed by atoms with Gasteiger partial charge in [-0.15, -0.1) is 0 Å². The molecule has 3 unspecified atom stereocenters. The lowest BCUT2D eigenvalue weighted by molar-refractivity contribution is 0.185. The Morgan fingerprint density at radius 2 is 2.43 bits per heavy atom. The van der Waals surface area contributed by atoms with Gasteiger partial charge in [0.2, 0.25) is 0 Å². The largest absolute Gasteiger partial charge is 0.314 e. The van der Waals surface area contributed by atoms with Crippen molar-refractivity contribution in [3.8, 4) is 0 Å². The quantitative estimate of drug-likeness (QED) is 0.802. The third-order valence-corrected chi connectivity index (χ3v) is 4.11. The fraction of sp³-hybridized carbons (Fsp3) is 0.667. The van der Waals surface area contributed by atoms with Crippen molar-refractivity contribution in [1.82, 2.24) is 5.32 Å². The molecular weight excluding hydrogens is 190 g/mol. The van der Waals surface area contributed by atoms with Gasteiger partial charge < -0.3 is 5.32 Å². The van der Waals surface area contributed by atoms with E-state index >= 15 is 0 Å². The minimum atomic E-state index is 0.764. The number of rotatable bonds is 4. The summed E-state index contributed by atoms with van der Waals surface area (Å²) in [6.07, 6.45) is 2.57. The molecule has 14 heavy (non-hydrogen) atoms. The van der Waals surface area contributed by atoms with Crippen LogP contribution in [-0.4, -0.2) is 12.6 Å². The van der Waals surface area contributed by atoms with E-state index in [0.29, 0.717) is 0 Å². The lowest BCUT2D eigenvalue weighted by atomic mass is 9.67. The maximum Gasteiger partial charge on any atom is 0.0104 e. The predicted octanol–water partition coefficient (Wildman–Crippen LogP) is 3.24. The summed E-state index contributed by atoms with van der Waals surface area (Å²) >= 11 is 1.82. The molecule has 1 aromatic heterocycles. The van der Waals surface area contributed by atoms with E-state index in [1.807, 2.05) is 11.3 Å². The second-order valence-electron chi connectivity index (χ2n) is 4.32. The number of nitrogens with one attached hydrogen (secondary N) is 1. The van der Waals surface area contributed by atoms with Crippen molar-refractivity contribution in [3.05, 3.63) is 22.4 Å². The molecule has 2 rings (SSSR count). The molecule has 1 N–H and O–H groups in total. The average Bonchev–Trinajstić information content (AvgIpc) is 2.69. The van der Waals surface area contributed by atoms with Gasteiger partial charge in [0.1, 0.15) is 0 Å². The highest BCUT2D eigenvalue weighted by molar-refractivity contribution is 7.07. The van der Waals surface area contributed by atoms with Gasteiger partial charge in [-0.1, -0.05) is 13.8 Å². The van der Waals surface area contributed by atoms with Crippen LogP contribution in [0.4, 0.5) is 0 Å². The standard InChI is InChI=1S/C12H19NS/c1-3-5-13-12-7-11(9(12)2)10-4-6-14-8-10/h4,6,8-9,11-13H,3,5,7H2,1-2H3. The normalized spacial score (nSPS) is 31.4. The fourth-order valence-corrected chi connectivity index (χ4v) is 3.04. The Hall–Kier alpha value is -0.340. The second kappa shape index (κ2) is 4.45. The molecule has 1 nitrogen and oxygen atoms in total. The zero-order valence-corrected chi connectivity index (χ0v) is 9.81. The van der Waals surface area contributed by atoms with Gasteiger partial charge in [-0.2, -0.15) is 11.3 Å². The van der Waals surface area contributed by atoms with E-state index in [1.54, 1.807) is 5.56 Å². The molecule has 0 aromatic carbocycles. The molecule has 0 aliphatic heterocycles. The molecule has 1 aliphatic carbocycles. The minimum Gasteiger partial charge on any atom is -0.314 e. The van der Waals surface area contributed by atoms with Gasteiger partial charge in [0.15, 0.2) is 0 Å². The third kappa shape index (κ3) is 1.86. The molecule has 2 heteroatoms. The van der Waals surface area contributed by atoms with Crippen LogP contribution in [0.15, 0.2) is 16.8 Å². The summed E-state index contributed by atoms with van der Waals surface area (Å²) in [6, 6.07) is 3.04. The summed E-state index contributed by atoms with van der Waals surface area (Å²) < 4.78 is 0. The molecule has 1 saturated carbocycles. The number of hydrogen-bond donors (Lipinski definition) is 1. The van der Waals surface area contributed by atoms with Crippen molar-refractivity contribution in [2.24, 2.45) is 5.92 Å². The van der Waals surface area contributed by atoms with Crippen LogP contribution in [0, 0.1) is 5.92 Å². The zero-order valence-electron chi connectivity index (χ0n) is 8.99. The van der Waals surface area contributed by atoms with Crippen LogP contribution < -0.4 is 5.32 Å². The van der Waals surface area contributed by atoms with Crippen LogP contribution in [0.2, 0.25) is 0 Å². The summed E-state index contributed by atoms with van der Waals surface area (Å²) in [5.74, 6) is 1.63. The SMILES string of the molecule is CCCNC1CC(c2ccsc2)C1C. The summed E-state index contributed by atoms with van der Waals surface area (Å²) in [5.41, 5.74) is 1.55. The van der Waals surface area contributed by atoms with Crippen molar-refractivity contribution < 1.29 is 0 Å². The Morgan fingerprint density at radius 3 is 3.00 bits per heavy atom. The molecule has 1 aromatic rings. The van der Waals surface area contributed by atoms with Gasteiger partial charge in [-0.25, -0.2) is 0 Å². The Balaban J connectivity index is 1.85. The van der Waals surface area contributed by atoms with Crippen molar-refractivity contribution in [3.63, 3.8) is 0 Å². The average molecular weight is 209 g/mol. The highest BCUT2D eigenvalue weighted by Gasteiger charge is 2.37. The first kappa shape index (κ1) is 10.2. The van der Waals surface area contributed by atoms with Crippen LogP contribution in [0.1, 0.15) is 38.2 Å². The van der Waals surface area contributed by atoms with E-state index in [1.165, 1.54) is 19.4 Å². The smallest absolute Gasteiger partial charge is 0.0104 e. The van der Waals surface area contributed by atoms with E-state index in [-0.39, 0.29) is 0 Å². The Labute approximate surface area is 90.5 Å². The van der Waals surface area contributed by atoms with E-state index < -0.39 is 0 Å². The van der Waals surface area contributed by atoms with Gasteiger partial charge in [-0.05, 0) is 53.6 Å². The Morgan fingerprint density at radius 1 is 1.57 bits per heavy atom. The van der Waals surface area contributed by atoms with Crippen LogP contribution in [0.3, 0.4) is 0 Å². The van der Waals surface area contributed by atoms with Crippen LogP contribution in [-0.2, 0) is 0 Å². The lowest BCUT2D eigenvalue weighted by Gasteiger charge is -2.43. The monoisotopic (exact) mass is 209 g/mol. The van der Waals surface area contributed by atoms with Crippen LogP contribution >= 0.6 is 11.3 Å². The predicted molar refractivity (Wildman–Crippen MR) is 62.9 cm³/mol. The van der Waals surface area contributed by atoms with Crippen molar-refractivity contribution in [2.45, 2.75) is 38.6 Å². The minimum absolute atomic E-state index is 0.764. The second-order valence-corrected chi connectivity index (χ2v) is 5.10. The molecule has 0 bridgehead atoms. The van der Waals surface area contributed by atoms with Gasteiger partial charge in [0.05, 0.1) is 0 Å². The number of thiophene rings is 1. The van der Waals surface area contributed by atoms with E-state index in [9.17, 15) is 0 Å². The van der Waals surface area contributed by atoms with E-state index in [4.69, 9.17) is 0 Å². The first-order chi connectivity index (χ1) is 6.83. The van der Waals surface area contributed by atoms with Crippen molar-refractivity contribution >= 4 is 11.3 Å². The highest BCUT2D eigenvalue weighted by Crippen LogP contribution is 2.42. The Kier molecular flexibility index (Phi) is 3.24. The Bertz CT molecular complexity index is 268. The summed E-state index contributed by atoms with van der Waals surface area (Å²) in [4.78, 5) is 0. The van der Waals surface area contributed by atoms with Gasteiger partial charge in [-0.3, -0.25) is 0 Å². The molecule has 1 fully saturated rings. The van der Waals surface area contributed by atoms with E-state index in [0.717, 1.165) is 17.9 Å². The summed E-state index contributed by atoms with van der Waals surface area (Å²) in [7, 11) is 0. The molecule has 0 amide bonds. The van der Waals surface area contributed by atoms with Gasteiger partial charge in [0.25, 0.3) is 0 Å². The van der Waals surface area contributed by atoms with Crippen LogP contribution in [0.25, 0.3) is 0 Å². The first-order valence-electron chi connectivity index (χ1n) is 5.58. The molecule has 1 heterocycles. The highest BCUT2D eigenvalue weighted by atomic mass is 32.1. The van der Waals surface area contributed by atoms with Crippen molar-refractivity contribution in [2.75, 3.05) is 6.54 Å². The van der Waals surface area contributed by atoms with E-state index in [2.05, 4.69) is 36.0 Å². The van der Waals surface area contributed by atoms with Gasteiger partial charge >= 0.3 is 0 Å². The van der Waals surface area contributed by atoms with Gasteiger partial charge in [0, 0.05) is 6.04 Å². The molecule has 0 radical (unpaired) electrons. The van der Waals surface area contributed by atoms with Crippen LogP contribution in [0.5, 0.6) is 0 Å². The first-order valence-corrected chi connectivity index (χ1v) is 6.52.